The normalized spacial score (nSPS) is 11.2. The van der Waals surface area contributed by atoms with Crippen LogP contribution in [0.3, 0.4) is 0 Å². The Bertz CT molecular complexity index is 512. The van der Waals surface area contributed by atoms with Gasteiger partial charge in [-0.1, -0.05) is 11.6 Å². The van der Waals surface area contributed by atoms with E-state index in [1.165, 1.54) is 25.3 Å². The van der Waals surface area contributed by atoms with E-state index in [4.69, 9.17) is 11.6 Å². The van der Waals surface area contributed by atoms with Crippen molar-refractivity contribution in [3.05, 3.63) is 28.8 Å². The molecule has 16 heavy (non-hydrogen) atoms. The minimum atomic E-state index is -3.46. The fourth-order valence-corrected chi connectivity index (χ4v) is 2.38. The molecule has 1 amide bonds. The van der Waals surface area contributed by atoms with Gasteiger partial charge in [-0.25, -0.2) is 13.9 Å². The van der Waals surface area contributed by atoms with E-state index in [0.29, 0.717) is 0 Å². The topological polar surface area (TPSA) is 72.5 Å². The lowest BCUT2D eigenvalue weighted by atomic mass is 10.2. The van der Waals surface area contributed by atoms with Crippen LogP contribution in [0.4, 0.5) is 0 Å². The van der Waals surface area contributed by atoms with Crippen molar-refractivity contribution in [3.63, 3.8) is 0 Å². The Morgan fingerprint density at radius 3 is 2.56 bits per heavy atom. The van der Waals surface area contributed by atoms with Crippen LogP contribution in [0.2, 0.25) is 5.02 Å². The number of rotatable bonds is 3. The third kappa shape index (κ3) is 2.94. The summed E-state index contributed by atoms with van der Waals surface area (Å²) in [6, 6.07) is 3.96. The van der Waals surface area contributed by atoms with Crippen LogP contribution in [0.25, 0.3) is 0 Å². The summed E-state index contributed by atoms with van der Waals surface area (Å²) in [6.45, 7) is 0. The maximum atomic E-state index is 11.4. The molecule has 5 nitrogen and oxygen atoms in total. The zero-order valence-corrected chi connectivity index (χ0v) is 10.2. The molecule has 0 bridgehead atoms. The smallest absolute Gasteiger partial charge is 0.274 e. The summed E-state index contributed by atoms with van der Waals surface area (Å²) >= 11 is 5.72. The van der Waals surface area contributed by atoms with Crippen molar-refractivity contribution in [2.24, 2.45) is 0 Å². The van der Waals surface area contributed by atoms with Gasteiger partial charge < -0.3 is 0 Å². The number of amides is 1. The predicted molar refractivity (Wildman–Crippen MR) is 59.0 cm³/mol. The summed E-state index contributed by atoms with van der Waals surface area (Å²) < 4.78 is 22.7. The second-order valence-electron chi connectivity index (χ2n) is 3.05. The van der Waals surface area contributed by atoms with Crippen molar-refractivity contribution in [1.29, 1.82) is 0 Å². The highest BCUT2D eigenvalue weighted by molar-refractivity contribution is 7.90. The molecule has 0 radical (unpaired) electrons. The Morgan fingerprint density at radius 2 is 2.06 bits per heavy atom. The second kappa shape index (κ2) is 4.82. The fraction of sp³-hybridized carbons (Fsp3) is 0.222. The standard InChI is InChI=1S/C9H10ClNO4S/c1-15-11-9(12)6-3-4-7(10)8(5-6)16(2,13)14/h3-5H,1-2H3,(H,11,12). The number of hydrogen-bond acceptors (Lipinski definition) is 4. The van der Waals surface area contributed by atoms with E-state index in [1.807, 2.05) is 0 Å². The first kappa shape index (κ1) is 13.0. The largest absolute Gasteiger partial charge is 0.277 e. The summed E-state index contributed by atoms with van der Waals surface area (Å²) in [7, 11) is -2.17. The molecule has 0 spiro atoms. The first-order chi connectivity index (χ1) is 7.36. The van der Waals surface area contributed by atoms with Crippen molar-refractivity contribution in [2.75, 3.05) is 13.4 Å². The molecular weight excluding hydrogens is 254 g/mol. The molecule has 0 heterocycles. The highest BCUT2D eigenvalue weighted by Crippen LogP contribution is 2.22. The van der Waals surface area contributed by atoms with Gasteiger partial charge in [0.15, 0.2) is 9.84 Å². The third-order valence-corrected chi connectivity index (χ3v) is 3.37. The van der Waals surface area contributed by atoms with E-state index < -0.39 is 15.7 Å². The summed E-state index contributed by atoms with van der Waals surface area (Å²) in [5.74, 6) is -0.538. The molecule has 7 heteroatoms. The maximum absolute atomic E-state index is 11.4. The number of hydroxylamine groups is 1. The van der Waals surface area contributed by atoms with Gasteiger partial charge in [-0.15, -0.1) is 0 Å². The van der Waals surface area contributed by atoms with Crippen molar-refractivity contribution in [1.82, 2.24) is 5.48 Å². The molecule has 0 atom stereocenters. The van der Waals surface area contributed by atoms with Crippen molar-refractivity contribution < 1.29 is 18.0 Å². The van der Waals surface area contributed by atoms with Crippen LogP contribution < -0.4 is 5.48 Å². The lowest BCUT2D eigenvalue weighted by Gasteiger charge is -2.05. The molecule has 1 rings (SSSR count). The molecule has 0 saturated heterocycles. The molecule has 1 aromatic carbocycles. The number of hydrogen-bond donors (Lipinski definition) is 1. The van der Waals surface area contributed by atoms with E-state index in [1.54, 1.807) is 0 Å². The van der Waals surface area contributed by atoms with E-state index in [-0.39, 0.29) is 15.5 Å². The van der Waals surface area contributed by atoms with Crippen LogP contribution in [-0.2, 0) is 14.7 Å². The van der Waals surface area contributed by atoms with Crippen LogP contribution in [0.5, 0.6) is 0 Å². The summed E-state index contributed by atoms with van der Waals surface area (Å²) in [5, 5.41) is 0.0801. The van der Waals surface area contributed by atoms with Crippen LogP contribution in [0, 0.1) is 0 Å². The van der Waals surface area contributed by atoms with Gasteiger partial charge in [0, 0.05) is 11.8 Å². The Hall–Kier alpha value is -1.11. The highest BCUT2D eigenvalue weighted by Gasteiger charge is 2.15. The highest BCUT2D eigenvalue weighted by atomic mass is 35.5. The zero-order valence-electron chi connectivity index (χ0n) is 8.65. The van der Waals surface area contributed by atoms with Gasteiger partial charge in [-0.3, -0.25) is 9.63 Å². The predicted octanol–water partition coefficient (Wildman–Crippen LogP) is 1.03. The van der Waals surface area contributed by atoms with Crippen LogP contribution in [0.1, 0.15) is 10.4 Å². The Kier molecular flexibility index (Phi) is 3.90. The molecule has 0 saturated carbocycles. The molecule has 1 aromatic rings. The van der Waals surface area contributed by atoms with E-state index in [9.17, 15) is 13.2 Å². The Labute approximate surface area is 98.2 Å². The molecule has 0 aliphatic rings. The van der Waals surface area contributed by atoms with Gasteiger partial charge in [0.05, 0.1) is 17.0 Å². The van der Waals surface area contributed by atoms with Crippen LogP contribution in [0.15, 0.2) is 23.1 Å². The molecule has 0 aromatic heterocycles. The number of benzene rings is 1. The zero-order chi connectivity index (χ0) is 12.3. The van der Waals surface area contributed by atoms with Gasteiger partial charge in [-0.05, 0) is 18.2 Å². The SMILES string of the molecule is CONC(=O)c1ccc(Cl)c(S(C)(=O)=O)c1. The molecular formula is C9H10ClNO4S. The average molecular weight is 264 g/mol. The molecule has 88 valence electrons. The number of nitrogens with one attached hydrogen (secondary N) is 1. The van der Waals surface area contributed by atoms with Gasteiger partial charge in [0.25, 0.3) is 5.91 Å². The Balaban J connectivity index is 3.23. The monoisotopic (exact) mass is 263 g/mol. The fourth-order valence-electron chi connectivity index (χ4n) is 1.08. The number of sulfone groups is 1. The van der Waals surface area contributed by atoms with E-state index in [0.717, 1.165) is 6.26 Å². The minimum Gasteiger partial charge on any atom is -0.277 e. The van der Waals surface area contributed by atoms with E-state index >= 15 is 0 Å². The molecule has 1 N–H and O–H groups in total. The molecule has 0 aliphatic heterocycles. The second-order valence-corrected chi connectivity index (χ2v) is 5.44. The lowest BCUT2D eigenvalue weighted by molar-refractivity contribution is 0.0537. The molecule has 0 fully saturated rings. The summed E-state index contributed by atoms with van der Waals surface area (Å²) in [6.07, 6.45) is 1.02. The van der Waals surface area contributed by atoms with Crippen molar-refractivity contribution in [3.8, 4) is 0 Å². The van der Waals surface area contributed by atoms with Gasteiger partial charge in [0.2, 0.25) is 0 Å². The molecule has 0 aliphatic carbocycles. The average Bonchev–Trinajstić information content (AvgIpc) is 2.16. The van der Waals surface area contributed by atoms with Crippen molar-refractivity contribution in [2.45, 2.75) is 4.90 Å². The van der Waals surface area contributed by atoms with Gasteiger partial charge >= 0.3 is 0 Å². The van der Waals surface area contributed by atoms with Crippen molar-refractivity contribution >= 4 is 27.3 Å². The lowest BCUT2D eigenvalue weighted by Crippen LogP contribution is -2.22. The van der Waals surface area contributed by atoms with E-state index in [2.05, 4.69) is 10.3 Å². The summed E-state index contributed by atoms with van der Waals surface area (Å²) in [5.41, 5.74) is 2.24. The quantitative estimate of drug-likeness (QED) is 0.827. The third-order valence-electron chi connectivity index (χ3n) is 1.79. The van der Waals surface area contributed by atoms with Crippen LogP contribution in [-0.4, -0.2) is 27.7 Å². The number of carbonyl (C=O) groups is 1. The maximum Gasteiger partial charge on any atom is 0.274 e. The first-order valence-electron chi connectivity index (χ1n) is 4.19. The molecule has 0 unspecified atom stereocenters. The first-order valence-corrected chi connectivity index (χ1v) is 6.46. The van der Waals surface area contributed by atoms with Gasteiger partial charge in [-0.2, -0.15) is 0 Å². The Morgan fingerprint density at radius 1 is 1.44 bits per heavy atom. The van der Waals surface area contributed by atoms with Gasteiger partial charge in [0.1, 0.15) is 0 Å². The number of halogens is 1. The number of carbonyl (C=O) groups excluding carboxylic acids is 1. The minimum absolute atomic E-state index is 0.0801. The van der Waals surface area contributed by atoms with Crippen LogP contribution >= 0.6 is 11.6 Å². The summed E-state index contributed by atoms with van der Waals surface area (Å²) in [4.78, 5) is 15.7.